The number of nitrogens with one attached hydrogen (secondary N) is 2. The molecule has 3 rings (SSSR count). The number of amides is 1. The van der Waals surface area contributed by atoms with E-state index in [4.69, 9.17) is 0 Å². The van der Waals surface area contributed by atoms with Gasteiger partial charge in [-0.1, -0.05) is 18.2 Å². The Bertz CT molecular complexity index is 866. The Balaban J connectivity index is 1.55. The van der Waals surface area contributed by atoms with Gasteiger partial charge < -0.3 is 10.6 Å². The molecule has 0 aliphatic carbocycles. The average Bonchev–Trinajstić information content (AvgIpc) is 2.90. The minimum absolute atomic E-state index is 0.0351. The van der Waals surface area contributed by atoms with Crippen LogP contribution in [0.5, 0.6) is 0 Å². The summed E-state index contributed by atoms with van der Waals surface area (Å²) >= 11 is 0. The molecule has 0 bridgehead atoms. The van der Waals surface area contributed by atoms with Crippen LogP contribution in [0.15, 0.2) is 48.5 Å². The molecule has 7 heteroatoms. The van der Waals surface area contributed by atoms with E-state index in [1.54, 1.807) is 42.5 Å². The first-order valence-electron chi connectivity index (χ1n) is 8.01. The molecule has 0 radical (unpaired) electrons. The van der Waals surface area contributed by atoms with E-state index in [9.17, 15) is 17.6 Å². The van der Waals surface area contributed by atoms with E-state index in [2.05, 4.69) is 10.6 Å². The van der Waals surface area contributed by atoms with Crippen molar-refractivity contribution < 1.29 is 17.6 Å². The number of sulfone groups is 1. The van der Waals surface area contributed by atoms with Crippen molar-refractivity contribution >= 4 is 27.1 Å². The fraction of sp³-hybridized carbons (Fsp3) is 0.278. The molecular formula is C18H19FN2O3S. The third-order valence-corrected chi connectivity index (χ3v) is 5.85. The van der Waals surface area contributed by atoms with Crippen molar-refractivity contribution in [2.75, 3.05) is 22.1 Å². The van der Waals surface area contributed by atoms with E-state index < -0.39 is 15.7 Å². The highest BCUT2D eigenvalue weighted by atomic mass is 32.2. The Hall–Kier alpha value is -2.41. The topological polar surface area (TPSA) is 75.3 Å². The Labute approximate surface area is 146 Å². The zero-order chi connectivity index (χ0) is 17.9. The number of hydrogen-bond acceptors (Lipinski definition) is 4. The monoisotopic (exact) mass is 362 g/mol. The lowest BCUT2D eigenvalue weighted by atomic mass is 10.1. The summed E-state index contributed by atoms with van der Waals surface area (Å²) in [6.07, 6.45) is 0.566. The molecule has 1 atom stereocenters. The molecule has 1 heterocycles. The highest BCUT2D eigenvalue weighted by Gasteiger charge is 2.27. The summed E-state index contributed by atoms with van der Waals surface area (Å²) in [7, 11) is -2.92. The summed E-state index contributed by atoms with van der Waals surface area (Å²) in [5.74, 6) is -0.334. The van der Waals surface area contributed by atoms with Crippen molar-refractivity contribution in [3.8, 4) is 0 Å². The Morgan fingerprint density at radius 2 is 1.76 bits per heavy atom. The lowest BCUT2D eigenvalue weighted by Crippen LogP contribution is -2.20. The molecule has 2 N–H and O–H groups in total. The van der Waals surface area contributed by atoms with Gasteiger partial charge in [0, 0.05) is 17.4 Å². The first-order valence-corrected chi connectivity index (χ1v) is 9.84. The highest BCUT2D eigenvalue weighted by molar-refractivity contribution is 7.91. The van der Waals surface area contributed by atoms with Gasteiger partial charge in [-0.15, -0.1) is 0 Å². The van der Waals surface area contributed by atoms with Crippen LogP contribution in [0, 0.1) is 5.82 Å². The highest BCUT2D eigenvalue weighted by Crippen LogP contribution is 2.19. The van der Waals surface area contributed by atoms with E-state index in [1.807, 2.05) is 0 Å². The Kier molecular flexibility index (Phi) is 5.03. The third-order valence-electron chi connectivity index (χ3n) is 4.08. The smallest absolute Gasteiger partial charge is 0.228 e. The molecule has 132 valence electrons. The van der Waals surface area contributed by atoms with Crippen molar-refractivity contribution in [1.82, 2.24) is 0 Å². The number of hydrogen-bond donors (Lipinski definition) is 2. The second-order valence-electron chi connectivity index (χ2n) is 6.14. The normalized spacial score (nSPS) is 18.7. The molecule has 1 aliphatic heterocycles. The van der Waals surface area contributed by atoms with Crippen LogP contribution in [0.3, 0.4) is 0 Å². The standard InChI is InChI=1S/C18H19FN2O3S/c19-17-4-2-1-3-13(17)11-18(22)21-15-7-5-14(6-8-15)20-16-9-10-25(23,24)12-16/h1-8,16,20H,9-12H2,(H,21,22). The molecule has 0 saturated carbocycles. The van der Waals surface area contributed by atoms with Crippen LogP contribution in [0.4, 0.5) is 15.8 Å². The molecule has 1 aliphatic rings. The van der Waals surface area contributed by atoms with Gasteiger partial charge in [-0.2, -0.15) is 0 Å². The summed E-state index contributed by atoms with van der Waals surface area (Å²) in [6.45, 7) is 0. The predicted molar refractivity (Wildman–Crippen MR) is 95.9 cm³/mol. The third kappa shape index (κ3) is 4.79. The van der Waals surface area contributed by atoms with Gasteiger partial charge in [-0.25, -0.2) is 12.8 Å². The van der Waals surface area contributed by atoms with Gasteiger partial charge in [0.1, 0.15) is 5.82 Å². The molecule has 1 saturated heterocycles. The fourth-order valence-electron chi connectivity index (χ4n) is 2.81. The lowest BCUT2D eigenvalue weighted by Gasteiger charge is -2.13. The number of benzene rings is 2. The van der Waals surface area contributed by atoms with Gasteiger partial charge in [-0.05, 0) is 42.3 Å². The van der Waals surface area contributed by atoms with Crippen LogP contribution in [-0.2, 0) is 21.1 Å². The minimum Gasteiger partial charge on any atom is -0.381 e. The van der Waals surface area contributed by atoms with Crippen molar-refractivity contribution in [2.45, 2.75) is 18.9 Å². The lowest BCUT2D eigenvalue weighted by molar-refractivity contribution is -0.115. The number of anilines is 2. The van der Waals surface area contributed by atoms with Crippen LogP contribution in [0.2, 0.25) is 0 Å². The van der Waals surface area contributed by atoms with Crippen molar-refractivity contribution in [3.05, 3.63) is 59.9 Å². The molecule has 2 aromatic rings. The van der Waals surface area contributed by atoms with E-state index in [0.717, 1.165) is 5.69 Å². The quantitative estimate of drug-likeness (QED) is 0.857. The molecule has 1 amide bonds. The van der Waals surface area contributed by atoms with E-state index in [-0.39, 0.29) is 29.9 Å². The van der Waals surface area contributed by atoms with Crippen molar-refractivity contribution in [3.63, 3.8) is 0 Å². The zero-order valence-corrected chi connectivity index (χ0v) is 14.4. The number of rotatable bonds is 5. The second-order valence-corrected chi connectivity index (χ2v) is 8.37. The van der Waals surface area contributed by atoms with Crippen LogP contribution in [0.25, 0.3) is 0 Å². The van der Waals surface area contributed by atoms with Crippen molar-refractivity contribution in [1.29, 1.82) is 0 Å². The predicted octanol–water partition coefficient (Wildman–Crippen LogP) is 2.61. The number of carbonyl (C=O) groups excluding carboxylic acids is 1. The van der Waals surface area contributed by atoms with Crippen LogP contribution < -0.4 is 10.6 Å². The van der Waals surface area contributed by atoms with Gasteiger partial charge in [-0.3, -0.25) is 4.79 Å². The summed E-state index contributed by atoms with van der Waals surface area (Å²) < 4.78 is 36.5. The molecule has 5 nitrogen and oxygen atoms in total. The molecule has 0 spiro atoms. The molecule has 2 aromatic carbocycles. The summed E-state index contributed by atoms with van der Waals surface area (Å²) in [4.78, 5) is 12.0. The van der Waals surface area contributed by atoms with E-state index >= 15 is 0 Å². The largest absolute Gasteiger partial charge is 0.381 e. The molecule has 1 unspecified atom stereocenters. The molecule has 0 aromatic heterocycles. The van der Waals surface area contributed by atoms with Gasteiger partial charge in [0.15, 0.2) is 9.84 Å². The van der Waals surface area contributed by atoms with Gasteiger partial charge in [0.05, 0.1) is 17.9 Å². The molecular weight excluding hydrogens is 343 g/mol. The SMILES string of the molecule is O=C(Cc1ccccc1F)Nc1ccc(NC2CCS(=O)(=O)C2)cc1. The molecule has 25 heavy (non-hydrogen) atoms. The number of halogens is 1. The number of carbonyl (C=O) groups is 1. The van der Waals surface area contributed by atoms with Gasteiger partial charge >= 0.3 is 0 Å². The second kappa shape index (κ2) is 7.23. The molecule has 1 fully saturated rings. The first kappa shape index (κ1) is 17.4. The maximum Gasteiger partial charge on any atom is 0.228 e. The van der Waals surface area contributed by atoms with Gasteiger partial charge in [0.2, 0.25) is 5.91 Å². The van der Waals surface area contributed by atoms with Crippen LogP contribution >= 0.6 is 0 Å². The van der Waals surface area contributed by atoms with Crippen LogP contribution in [0.1, 0.15) is 12.0 Å². The van der Waals surface area contributed by atoms with Crippen molar-refractivity contribution in [2.24, 2.45) is 0 Å². The summed E-state index contributed by atoms with van der Waals surface area (Å²) in [5.41, 5.74) is 1.75. The van der Waals surface area contributed by atoms with Gasteiger partial charge in [0.25, 0.3) is 0 Å². The Morgan fingerprint density at radius 3 is 2.40 bits per heavy atom. The first-order chi connectivity index (χ1) is 11.9. The maximum atomic E-state index is 13.6. The summed E-state index contributed by atoms with van der Waals surface area (Å²) in [5, 5.41) is 5.91. The fourth-order valence-corrected chi connectivity index (χ4v) is 4.49. The Morgan fingerprint density at radius 1 is 1.08 bits per heavy atom. The van der Waals surface area contributed by atoms with E-state index in [0.29, 0.717) is 17.7 Å². The maximum absolute atomic E-state index is 13.6. The average molecular weight is 362 g/mol. The van der Waals surface area contributed by atoms with E-state index in [1.165, 1.54) is 6.07 Å². The van der Waals surface area contributed by atoms with Crippen LogP contribution in [-0.4, -0.2) is 31.9 Å². The summed E-state index contributed by atoms with van der Waals surface area (Å²) in [6, 6.07) is 13.1. The minimum atomic E-state index is -2.92. The zero-order valence-electron chi connectivity index (χ0n) is 13.5.